The van der Waals surface area contributed by atoms with E-state index < -0.39 is 29.4 Å². The molecule has 2 fully saturated rings. The molecule has 2 aromatic rings. The van der Waals surface area contributed by atoms with Gasteiger partial charge < -0.3 is 10.0 Å². The quantitative estimate of drug-likeness (QED) is 0.762. The third-order valence-corrected chi connectivity index (χ3v) is 5.69. The maximum absolute atomic E-state index is 14.7. The lowest BCUT2D eigenvalue weighted by molar-refractivity contribution is -0.134. The van der Waals surface area contributed by atoms with Crippen LogP contribution in [-0.2, 0) is 16.2 Å². The van der Waals surface area contributed by atoms with E-state index in [-0.39, 0.29) is 31.1 Å². The van der Waals surface area contributed by atoms with Crippen LogP contribution in [0.5, 0.6) is 0 Å². The van der Waals surface area contributed by atoms with Gasteiger partial charge in [-0.2, -0.15) is 5.10 Å². The molecule has 4 rings (SSSR count). The summed E-state index contributed by atoms with van der Waals surface area (Å²) in [4.78, 5) is 25.2. The van der Waals surface area contributed by atoms with Crippen LogP contribution in [-0.4, -0.2) is 39.8 Å². The van der Waals surface area contributed by atoms with Crippen LogP contribution in [0.4, 0.5) is 14.5 Å². The molecule has 2 aliphatic heterocycles. The first kappa shape index (κ1) is 19.5. The number of halogens is 2. The Labute approximate surface area is 166 Å². The molecular formula is C20H22F2N4O3. The van der Waals surface area contributed by atoms with Crippen LogP contribution in [0.1, 0.15) is 48.8 Å². The molecule has 29 heavy (non-hydrogen) atoms. The number of imide groups is 1. The van der Waals surface area contributed by atoms with Gasteiger partial charge in [0.05, 0.1) is 24.8 Å². The van der Waals surface area contributed by atoms with Gasteiger partial charge >= 0.3 is 0 Å². The second-order valence-corrected chi connectivity index (χ2v) is 7.53. The molecule has 2 amide bonds. The Morgan fingerprint density at radius 2 is 1.83 bits per heavy atom. The fourth-order valence-corrected chi connectivity index (χ4v) is 4.10. The molecule has 0 radical (unpaired) electrons. The zero-order valence-electron chi connectivity index (χ0n) is 15.8. The molecule has 0 saturated carbocycles. The van der Waals surface area contributed by atoms with Gasteiger partial charge in [0.25, 0.3) is 0 Å². The lowest BCUT2D eigenvalue weighted by Crippen LogP contribution is -2.40. The Balaban J connectivity index is 1.47. The van der Waals surface area contributed by atoms with E-state index in [2.05, 4.69) is 10.4 Å². The first-order chi connectivity index (χ1) is 14.0. The van der Waals surface area contributed by atoms with Crippen molar-refractivity contribution in [2.24, 2.45) is 0 Å². The SMILES string of the molecule is O=C1CCC(c2c(F)cc(N3CCC(n4cc(CO)cn4)CC3)cc2F)C(=O)N1. The monoisotopic (exact) mass is 404 g/mol. The second-order valence-electron chi connectivity index (χ2n) is 7.53. The largest absolute Gasteiger partial charge is 0.392 e. The van der Waals surface area contributed by atoms with Crippen LogP contribution in [0.3, 0.4) is 0 Å². The molecule has 1 atom stereocenters. The number of anilines is 1. The van der Waals surface area contributed by atoms with Crippen molar-refractivity contribution >= 4 is 17.5 Å². The number of aliphatic hydroxyl groups is 1. The highest BCUT2D eigenvalue weighted by molar-refractivity contribution is 6.01. The maximum Gasteiger partial charge on any atom is 0.234 e. The summed E-state index contributed by atoms with van der Waals surface area (Å²) in [5.74, 6) is -3.61. The van der Waals surface area contributed by atoms with E-state index in [4.69, 9.17) is 5.11 Å². The van der Waals surface area contributed by atoms with Gasteiger partial charge in [-0.25, -0.2) is 8.78 Å². The van der Waals surface area contributed by atoms with Crippen molar-refractivity contribution < 1.29 is 23.5 Å². The van der Waals surface area contributed by atoms with Crippen LogP contribution >= 0.6 is 0 Å². The third-order valence-electron chi connectivity index (χ3n) is 5.69. The summed E-state index contributed by atoms with van der Waals surface area (Å²) in [6.07, 6.45) is 5.12. The van der Waals surface area contributed by atoms with E-state index >= 15 is 0 Å². The smallest absolute Gasteiger partial charge is 0.234 e. The minimum absolute atomic E-state index is 0.0586. The maximum atomic E-state index is 14.7. The second kappa shape index (κ2) is 7.90. The molecule has 154 valence electrons. The van der Waals surface area contributed by atoms with Gasteiger partial charge in [0.1, 0.15) is 11.6 Å². The summed E-state index contributed by atoms with van der Waals surface area (Å²) >= 11 is 0. The van der Waals surface area contributed by atoms with Gasteiger partial charge in [-0.15, -0.1) is 0 Å². The Morgan fingerprint density at radius 3 is 2.41 bits per heavy atom. The number of aromatic nitrogens is 2. The summed E-state index contributed by atoms with van der Waals surface area (Å²) in [6.45, 7) is 1.15. The highest BCUT2D eigenvalue weighted by atomic mass is 19.1. The van der Waals surface area contributed by atoms with Crippen molar-refractivity contribution in [3.05, 3.63) is 47.3 Å². The standard InChI is InChI=1S/C20H22F2N4O3/c21-16-7-14(8-17(22)19(16)15-1-2-18(28)24-20(15)29)25-5-3-13(4-6-25)26-10-12(11-27)9-23-26/h7-10,13,15,27H,1-6,11H2,(H,24,28,29). The van der Waals surface area contributed by atoms with Gasteiger partial charge in [0.2, 0.25) is 11.8 Å². The molecule has 2 saturated heterocycles. The predicted molar refractivity (Wildman–Crippen MR) is 100 cm³/mol. The molecule has 1 unspecified atom stereocenters. The Kier molecular flexibility index (Phi) is 5.31. The fraction of sp³-hybridized carbons (Fsp3) is 0.450. The van der Waals surface area contributed by atoms with Crippen molar-refractivity contribution in [3.8, 4) is 0 Å². The number of piperidine rings is 2. The summed E-state index contributed by atoms with van der Waals surface area (Å²) in [5.41, 5.74) is 0.910. The Hall–Kier alpha value is -2.81. The normalized spacial score (nSPS) is 20.8. The van der Waals surface area contributed by atoms with Crippen LogP contribution in [0.2, 0.25) is 0 Å². The van der Waals surface area contributed by atoms with Crippen molar-refractivity contribution in [2.75, 3.05) is 18.0 Å². The third kappa shape index (κ3) is 3.87. The lowest BCUT2D eigenvalue weighted by Gasteiger charge is -2.34. The van der Waals surface area contributed by atoms with E-state index in [1.165, 1.54) is 12.1 Å². The van der Waals surface area contributed by atoms with Crippen molar-refractivity contribution in [2.45, 2.75) is 44.2 Å². The number of carbonyl (C=O) groups excluding carboxylic acids is 2. The van der Waals surface area contributed by atoms with Crippen LogP contribution in [0, 0.1) is 11.6 Å². The van der Waals surface area contributed by atoms with Crippen LogP contribution in [0.25, 0.3) is 0 Å². The van der Waals surface area contributed by atoms with Gasteiger partial charge in [0.15, 0.2) is 0 Å². The van der Waals surface area contributed by atoms with Crippen molar-refractivity contribution in [1.29, 1.82) is 0 Å². The summed E-state index contributed by atoms with van der Waals surface area (Å²) in [5, 5.41) is 15.6. The number of rotatable bonds is 4. The van der Waals surface area contributed by atoms with Crippen LogP contribution in [0.15, 0.2) is 24.5 Å². The molecule has 0 aliphatic carbocycles. The van der Waals surface area contributed by atoms with Crippen molar-refractivity contribution in [1.82, 2.24) is 15.1 Å². The summed E-state index contributed by atoms with van der Waals surface area (Å²) < 4.78 is 31.3. The first-order valence-electron chi connectivity index (χ1n) is 9.67. The summed E-state index contributed by atoms with van der Waals surface area (Å²) in [7, 11) is 0. The number of carbonyl (C=O) groups is 2. The molecule has 0 bridgehead atoms. The fourth-order valence-electron chi connectivity index (χ4n) is 4.10. The number of amides is 2. The average Bonchev–Trinajstić information content (AvgIpc) is 3.18. The zero-order chi connectivity index (χ0) is 20.5. The minimum Gasteiger partial charge on any atom is -0.392 e. The Morgan fingerprint density at radius 1 is 1.14 bits per heavy atom. The van der Waals surface area contributed by atoms with E-state index in [1.54, 1.807) is 6.20 Å². The number of nitrogens with zero attached hydrogens (tertiary/aromatic N) is 3. The molecule has 2 N–H and O–H groups in total. The Bertz CT molecular complexity index is 915. The van der Waals surface area contributed by atoms with Gasteiger partial charge in [-0.3, -0.25) is 19.6 Å². The highest BCUT2D eigenvalue weighted by Crippen LogP contribution is 2.34. The van der Waals surface area contributed by atoms with E-state index in [9.17, 15) is 18.4 Å². The topological polar surface area (TPSA) is 87.5 Å². The first-order valence-corrected chi connectivity index (χ1v) is 9.67. The van der Waals surface area contributed by atoms with Gasteiger partial charge in [0, 0.05) is 42.5 Å². The highest BCUT2D eigenvalue weighted by Gasteiger charge is 2.33. The minimum atomic E-state index is -0.993. The molecule has 7 nitrogen and oxygen atoms in total. The molecular weight excluding hydrogens is 382 g/mol. The van der Waals surface area contributed by atoms with E-state index in [1.807, 2.05) is 15.8 Å². The number of nitrogens with one attached hydrogen (secondary N) is 1. The lowest BCUT2D eigenvalue weighted by atomic mass is 9.89. The number of benzene rings is 1. The number of hydrogen-bond donors (Lipinski definition) is 2. The zero-order valence-corrected chi connectivity index (χ0v) is 15.8. The number of aliphatic hydroxyl groups excluding tert-OH is 1. The predicted octanol–water partition coefficient (Wildman–Crippen LogP) is 2.02. The molecule has 1 aromatic heterocycles. The van der Waals surface area contributed by atoms with Crippen LogP contribution < -0.4 is 10.2 Å². The molecule has 2 aliphatic rings. The van der Waals surface area contributed by atoms with Gasteiger partial charge in [-0.1, -0.05) is 0 Å². The van der Waals surface area contributed by atoms with Crippen molar-refractivity contribution in [3.63, 3.8) is 0 Å². The molecule has 9 heteroatoms. The molecule has 3 heterocycles. The molecule has 0 spiro atoms. The van der Waals surface area contributed by atoms with E-state index in [0.717, 1.165) is 18.4 Å². The molecule has 1 aromatic carbocycles. The number of hydrogen-bond acceptors (Lipinski definition) is 5. The average molecular weight is 404 g/mol. The summed E-state index contributed by atoms with van der Waals surface area (Å²) in [6, 6.07) is 2.70. The van der Waals surface area contributed by atoms with E-state index in [0.29, 0.717) is 18.8 Å². The van der Waals surface area contributed by atoms with Gasteiger partial charge in [-0.05, 0) is 31.4 Å².